The number of carbonyl (C=O) groups excluding carboxylic acids is 1. The molecule has 110 valence electrons. The van der Waals surface area contributed by atoms with Crippen molar-refractivity contribution in [1.29, 1.82) is 0 Å². The van der Waals surface area contributed by atoms with Crippen molar-refractivity contribution in [2.24, 2.45) is 0 Å². The Hall–Kier alpha value is -2.14. The summed E-state index contributed by atoms with van der Waals surface area (Å²) in [6.07, 6.45) is 0. The van der Waals surface area contributed by atoms with Gasteiger partial charge in [-0.15, -0.1) is 0 Å². The van der Waals surface area contributed by atoms with Gasteiger partial charge in [0, 0.05) is 37.3 Å². The summed E-state index contributed by atoms with van der Waals surface area (Å²) in [5, 5.41) is 4.11. The van der Waals surface area contributed by atoms with Gasteiger partial charge in [0.2, 0.25) is 0 Å². The van der Waals surface area contributed by atoms with Crippen LogP contribution in [0.1, 0.15) is 16.1 Å². The number of nitrogens with one attached hydrogen (secondary N) is 1. The number of fused-ring (bicyclic) bond motifs is 1. The smallest absolute Gasteiger partial charge is 0.254 e. The molecule has 0 spiro atoms. The first-order valence-electron chi connectivity index (χ1n) is 7.14. The molecule has 5 nitrogen and oxygen atoms in total. The second-order valence-electron chi connectivity index (χ2n) is 5.24. The highest BCUT2D eigenvalue weighted by molar-refractivity contribution is 6.06. The van der Waals surface area contributed by atoms with Gasteiger partial charge < -0.3 is 15.0 Å². The Morgan fingerprint density at radius 3 is 2.76 bits per heavy atom. The van der Waals surface area contributed by atoms with Crippen LogP contribution in [0.25, 0.3) is 10.9 Å². The van der Waals surface area contributed by atoms with Crippen LogP contribution in [-0.2, 0) is 0 Å². The maximum Gasteiger partial charge on any atom is 0.254 e. The normalized spacial score (nSPS) is 15.2. The lowest BCUT2D eigenvalue weighted by Gasteiger charge is -2.28. The van der Waals surface area contributed by atoms with Crippen molar-refractivity contribution in [3.05, 3.63) is 35.5 Å². The Morgan fingerprint density at radius 1 is 1.29 bits per heavy atom. The number of ether oxygens (including phenoxy) is 1. The minimum absolute atomic E-state index is 0.0697. The maximum absolute atomic E-state index is 12.8. The fraction of sp³-hybridized carbons (Fsp3) is 0.375. The molecule has 0 bridgehead atoms. The SMILES string of the molecule is COc1ccc2nc(C)cc(C(=O)N3CCNCC3)c2c1. The fourth-order valence-electron chi connectivity index (χ4n) is 2.68. The number of carbonyl (C=O) groups is 1. The molecule has 3 rings (SSSR count). The number of hydrogen-bond acceptors (Lipinski definition) is 4. The molecule has 1 aliphatic heterocycles. The number of piperazine rings is 1. The summed E-state index contributed by atoms with van der Waals surface area (Å²) in [7, 11) is 1.63. The van der Waals surface area contributed by atoms with E-state index >= 15 is 0 Å². The molecule has 1 aromatic carbocycles. The van der Waals surface area contributed by atoms with Gasteiger partial charge in [0.25, 0.3) is 5.91 Å². The van der Waals surface area contributed by atoms with Crippen molar-refractivity contribution in [2.45, 2.75) is 6.92 Å². The summed E-state index contributed by atoms with van der Waals surface area (Å²) in [6.45, 7) is 5.09. The van der Waals surface area contributed by atoms with E-state index < -0.39 is 0 Å². The lowest BCUT2D eigenvalue weighted by molar-refractivity contribution is 0.0737. The first-order valence-corrected chi connectivity index (χ1v) is 7.14. The van der Waals surface area contributed by atoms with Gasteiger partial charge in [-0.3, -0.25) is 9.78 Å². The van der Waals surface area contributed by atoms with Crippen LogP contribution in [0.15, 0.2) is 24.3 Å². The quantitative estimate of drug-likeness (QED) is 0.910. The topological polar surface area (TPSA) is 54.5 Å². The molecule has 0 atom stereocenters. The monoisotopic (exact) mass is 285 g/mol. The largest absolute Gasteiger partial charge is 0.497 e. The molecule has 0 radical (unpaired) electrons. The van der Waals surface area contributed by atoms with Gasteiger partial charge >= 0.3 is 0 Å². The highest BCUT2D eigenvalue weighted by Gasteiger charge is 2.20. The molecule has 1 N–H and O–H groups in total. The second kappa shape index (κ2) is 5.69. The number of amides is 1. The Balaban J connectivity index is 2.08. The van der Waals surface area contributed by atoms with Gasteiger partial charge in [0.1, 0.15) is 5.75 Å². The number of nitrogens with zero attached hydrogens (tertiary/aromatic N) is 2. The third kappa shape index (κ3) is 2.69. The van der Waals surface area contributed by atoms with Crippen LogP contribution in [0.5, 0.6) is 5.75 Å². The Morgan fingerprint density at radius 2 is 2.05 bits per heavy atom. The van der Waals surface area contributed by atoms with E-state index in [9.17, 15) is 4.79 Å². The van der Waals surface area contributed by atoms with E-state index in [4.69, 9.17) is 4.74 Å². The molecule has 1 aliphatic rings. The number of pyridine rings is 1. The molecule has 1 fully saturated rings. The zero-order valence-corrected chi connectivity index (χ0v) is 12.3. The molecule has 5 heteroatoms. The molecule has 1 aromatic heterocycles. The lowest BCUT2D eigenvalue weighted by atomic mass is 10.1. The van der Waals surface area contributed by atoms with Gasteiger partial charge in [-0.2, -0.15) is 0 Å². The number of aromatic nitrogens is 1. The molecule has 0 unspecified atom stereocenters. The highest BCUT2D eigenvalue weighted by atomic mass is 16.5. The number of hydrogen-bond donors (Lipinski definition) is 1. The van der Waals surface area contributed by atoms with Crippen molar-refractivity contribution in [1.82, 2.24) is 15.2 Å². The molecule has 21 heavy (non-hydrogen) atoms. The first kappa shape index (κ1) is 13.8. The predicted molar refractivity (Wildman–Crippen MR) is 81.8 cm³/mol. The van der Waals surface area contributed by atoms with E-state index in [-0.39, 0.29) is 5.91 Å². The predicted octanol–water partition coefficient (Wildman–Crippen LogP) is 1.60. The van der Waals surface area contributed by atoms with Gasteiger partial charge in [0.05, 0.1) is 18.2 Å². The van der Waals surface area contributed by atoms with Crippen LogP contribution in [0.3, 0.4) is 0 Å². The molecule has 0 aliphatic carbocycles. The summed E-state index contributed by atoms with van der Waals surface area (Å²) in [5.41, 5.74) is 2.39. The van der Waals surface area contributed by atoms with Gasteiger partial charge in [-0.1, -0.05) is 0 Å². The number of rotatable bonds is 2. The third-order valence-electron chi connectivity index (χ3n) is 3.78. The van der Waals surface area contributed by atoms with E-state index in [1.807, 2.05) is 36.1 Å². The van der Waals surface area contributed by atoms with E-state index in [1.165, 1.54) is 0 Å². The number of benzene rings is 1. The van der Waals surface area contributed by atoms with Crippen molar-refractivity contribution in [3.63, 3.8) is 0 Å². The van der Waals surface area contributed by atoms with Crippen molar-refractivity contribution >= 4 is 16.8 Å². The zero-order valence-electron chi connectivity index (χ0n) is 12.3. The molecule has 2 heterocycles. The Bertz CT molecular complexity index is 679. The van der Waals surface area contributed by atoms with Crippen LogP contribution in [-0.4, -0.2) is 49.1 Å². The third-order valence-corrected chi connectivity index (χ3v) is 3.78. The average molecular weight is 285 g/mol. The summed E-state index contributed by atoms with van der Waals surface area (Å²) in [4.78, 5) is 19.2. The second-order valence-corrected chi connectivity index (χ2v) is 5.24. The first-order chi connectivity index (χ1) is 10.2. The van der Waals surface area contributed by atoms with Gasteiger partial charge in [0.15, 0.2) is 0 Å². The fourth-order valence-corrected chi connectivity index (χ4v) is 2.68. The molecule has 1 saturated heterocycles. The Kier molecular flexibility index (Phi) is 3.75. The standard InChI is InChI=1S/C16H19N3O2/c1-11-9-14(16(20)19-7-5-17-6-8-19)13-10-12(21-2)3-4-15(13)18-11/h3-4,9-10,17H,5-8H2,1-2H3. The minimum Gasteiger partial charge on any atom is -0.497 e. The molecule has 2 aromatic rings. The molecule has 0 saturated carbocycles. The lowest BCUT2D eigenvalue weighted by Crippen LogP contribution is -2.46. The van der Waals surface area contributed by atoms with Crippen LogP contribution >= 0.6 is 0 Å². The summed E-state index contributed by atoms with van der Waals surface area (Å²) in [6, 6.07) is 7.52. The minimum atomic E-state index is 0.0697. The van der Waals surface area contributed by atoms with Crippen LogP contribution in [0.2, 0.25) is 0 Å². The van der Waals surface area contributed by atoms with Crippen LogP contribution < -0.4 is 10.1 Å². The van der Waals surface area contributed by atoms with Crippen LogP contribution in [0, 0.1) is 6.92 Å². The molecular weight excluding hydrogens is 266 g/mol. The van der Waals surface area contributed by atoms with Crippen molar-refractivity contribution < 1.29 is 9.53 Å². The average Bonchev–Trinajstić information content (AvgIpc) is 2.53. The number of methoxy groups -OCH3 is 1. The van der Waals surface area contributed by atoms with Gasteiger partial charge in [-0.05, 0) is 31.2 Å². The van der Waals surface area contributed by atoms with Crippen molar-refractivity contribution in [3.8, 4) is 5.75 Å². The zero-order chi connectivity index (χ0) is 14.8. The summed E-state index contributed by atoms with van der Waals surface area (Å²) >= 11 is 0. The van der Waals surface area contributed by atoms with E-state index in [1.54, 1.807) is 7.11 Å². The summed E-state index contributed by atoms with van der Waals surface area (Å²) < 4.78 is 5.27. The van der Waals surface area contributed by atoms with E-state index in [0.717, 1.165) is 48.5 Å². The molecule has 1 amide bonds. The van der Waals surface area contributed by atoms with E-state index in [2.05, 4.69) is 10.3 Å². The molecular formula is C16H19N3O2. The summed E-state index contributed by atoms with van der Waals surface area (Å²) in [5.74, 6) is 0.808. The number of aryl methyl sites for hydroxylation is 1. The maximum atomic E-state index is 12.8. The highest BCUT2D eigenvalue weighted by Crippen LogP contribution is 2.24. The van der Waals surface area contributed by atoms with Gasteiger partial charge in [-0.25, -0.2) is 0 Å². The van der Waals surface area contributed by atoms with Crippen molar-refractivity contribution in [2.75, 3.05) is 33.3 Å². The van der Waals surface area contributed by atoms with Crippen LogP contribution in [0.4, 0.5) is 0 Å². The Labute approximate surface area is 123 Å². The van der Waals surface area contributed by atoms with E-state index in [0.29, 0.717) is 5.56 Å².